The second-order valence-electron chi connectivity index (χ2n) is 8.25. The van der Waals surface area contributed by atoms with Gasteiger partial charge in [0.05, 0.1) is 17.6 Å². The summed E-state index contributed by atoms with van der Waals surface area (Å²) in [4.78, 5) is 16.7. The number of nitrogens with zero attached hydrogens (tertiary/aromatic N) is 2. The van der Waals surface area contributed by atoms with E-state index in [-0.39, 0.29) is 21.7 Å². The summed E-state index contributed by atoms with van der Waals surface area (Å²) in [7, 11) is -3.81. The SMILES string of the molecule is CCOc1cc(/C=C(\C#N)C(=O)Nc2ccc(S(=O)(=O)Nc3nccs3)cc2)ccc1OC1CCCC1. The molecule has 0 radical (unpaired) electrons. The zero-order chi connectivity index (χ0) is 26.3. The van der Waals surface area contributed by atoms with Crippen LogP contribution in [-0.4, -0.2) is 32.0 Å². The average Bonchev–Trinajstić information content (AvgIpc) is 3.59. The molecule has 1 heterocycles. The summed E-state index contributed by atoms with van der Waals surface area (Å²) in [5, 5.41) is 14.1. The minimum atomic E-state index is -3.81. The Morgan fingerprint density at radius 3 is 2.59 bits per heavy atom. The number of carbonyl (C=O) groups excluding carboxylic acids is 1. The lowest BCUT2D eigenvalue weighted by atomic mass is 10.1. The Morgan fingerprint density at radius 2 is 1.95 bits per heavy atom. The van der Waals surface area contributed by atoms with Gasteiger partial charge in [-0.1, -0.05) is 6.07 Å². The zero-order valence-electron chi connectivity index (χ0n) is 20.1. The summed E-state index contributed by atoms with van der Waals surface area (Å²) in [6.07, 6.45) is 7.47. The van der Waals surface area contributed by atoms with Crippen LogP contribution in [0.1, 0.15) is 38.2 Å². The lowest BCUT2D eigenvalue weighted by molar-refractivity contribution is -0.112. The van der Waals surface area contributed by atoms with E-state index in [0.717, 1.165) is 37.0 Å². The Morgan fingerprint density at radius 1 is 1.19 bits per heavy atom. The Kier molecular flexibility index (Phi) is 8.43. The summed E-state index contributed by atoms with van der Waals surface area (Å²) < 4.78 is 39.2. The van der Waals surface area contributed by atoms with Crippen molar-refractivity contribution in [3.05, 3.63) is 65.2 Å². The van der Waals surface area contributed by atoms with Crippen LogP contribution in [0.15, 0.2) is 64.5 Å². The first-order valence-electron chi connectivity index (χ1n) is 11.8. The van der Waals surface area contributed by atoms with Crippen LogP contribution in [0.5, 0.6) is 11.5 Å². The highest BCUT2D eigenvalue weighted by molar-refractivity contribution is 7.93. The maximum Gasteiger partial charge on any atom is 0.266 e. The molecule has 3 aromatic rings. The molecule has 37 heavy (non-hydrogen) atoms. The molecule has 192 valence electrons. The quantitative estimate of drug-likeness (QED) is 0.268. The molecule has 1 aromatic heterocycles. The van der Waals surface area contributed by atoms with Crippen LogP contribution in [0.2, 0.25) is 0 Å². The van der Waals surface area contributed by atoms with E-state index in [9.17, 15) is 18.5 Å². The minimum absolute atomic E-state index is 0.0140. The van der Waals surface area contributed by atoms with Crippen molar-refractivity contribution < 1.29 is 22.7 Å². The van der Waals surface area contributed by atoms with E-state index in [4.69, 9.17) is 9.47 Å². The van der Waals surface area contributed by atoms with Gasteiger partial charge < -0.3 is 14.8 Å². The van der Waals surface area contributed by atoms with Crippen LogP contribution < -0.4 is 19.5 Å². The van der Waals surface area contributed by atoms with Gasteiger partial charge in [-0.15, -0.1) is 11.3 Å². The molecule has 4 rings (SSSR count). The van der Waals surface area contributed by atoms with Crippen molar-refractivity contribution in [3.8, 4) is 17.6 Å². The first kappa shape index (κ1) is 26.2. The lowest BCUT2D eigenvalue weighted by Gasteiger charge is -2.17. The molecule has 1 saturated carbocycles. The molecule has 0 unspecified atom stereocenters. The number of nitriles is 1. The number of amides is 1. The van der Waals surface area contributed by atoms with Crippen LogP contribution >= 0.6 is 11.3 Å². The van der Waals surface area contributed by atoms with Crippen molar-refractivity contribution in [2.45, 2.75) is 43.6 Å². The number of thiazole rings is 1. The molecule has 1 fully saturated rings. The normalized spacial score (nSPS) is 14.1. The third kappa shape index (κ3) is 6.87. The monoisotopic (exact) mass is 538 g/mol. The van der Waals surface area contributed by atoms with Gasteiger partial charge in [0.15, 0.2) is 16.6 Å². The smallest absolute Gasteiger partial charge is 0.266 e. The third-order valence-corrected chi connectivity index (χ3v) is 7.79. The highest BCUT2D eigenvalue weighted by atomic mass is 32.2. The van der Waals surface area contributed by atoms with Gasteiger partial charge in [0.2, 0.25) is 0 Å². The van der Waals surface area contributed by atoms with E-state index in [1.165, 1.54) is 36.5 Å². The first-order chi connectivity index (χ1) is 17.9. The standard InChI is InChI=1S/C26H26N4O5S2/c1-2-34-24-16-18(7-12-23(24)35-21-5-3-4-6-21)15-19(17-27)25(31)29-20-8-10-22(11-9-20)37(32,33)30-26-28-13-14-36-26/h7-16,21H,2-6H2,1H3,(H,28,30)(H,29,31)/b19-15+. The molecule has 1 amide bonds. The minimum Gasteiger partial charge on any atom is -0.490 e. The van der Waals surface area contributed by atoms with Gasteiger partial charge in [-0.2, -0.15) is 5.26 Å². The molecule has 0 aliphatic heterocycles. The predicted octanol–water partition coefficient (Wildman–Crippen LogP) is 5.21. The number of carbonyl (C=O) groups is 1. The largest absolute Gasteiger partial charge is 0.490 e. The van der Waals surface area contributed by atoms with Crippen molar-refractivity contribution >= 4 is 44.2 Å². The molecule has 11 heteroatoms. The first-order valence-corrected chi connectivity index (χ1v) is 14.1. The molecule has 9 nitrogen and oxygen atoms in total. The molecular weight excluding hydrogens is 512 g/mol. The summed E-state index contributed by atoms with van der Waals surface area (Å²) in [5.41, 5.74) is 0.840. The second-order valence-corrected chi connectivity index (χ2v) is 10.8. The van der Waals surface area contributed by atoms with Crippen LogP contribution in [0.4, 0.5) is 10.8 Å². The number of ether oxygens (including phenoxy) is 2. The highest BCUT2D eigenvalue weighted by Gasteiger charge is 2.19. The Bertz CT molecular complexity index is 1410. The van der Waals surface area contributed by atoms with Crippen molar-refractivity contribution in [2.75, 3.05) is 16.6 Å². The molecule has 0 atom stereocenters. The van der Waals surface area contributed by atoms with E-state index >= 15 is 0 Å². The van der Waals surface area contributed by atoms with Gasteiger partial charge in [0.25, 0.3) is 15.9 Å². The summed E-state index contributed by atoms with van der Waals surface area (Å²) in [6, 6.07) is 12.8. The molecule has 1 aliphatic rings. The van der Waals surface area contributed by atoms with Crippen molar-refractivity contribution in [2.24, 2.45) is 0 Å². The number of sulfonamides is 1. The van der Waals surface area contributed by atoms with Crippen molar-refractivity contribution in [3.63, 3.8) is 0 Å². The van der Waals surface area contributed by atoms with Gasteiger partial charge in [-0.3, -0.25) is 9.52 Å². The van der Waals surface area contributed by atoms with Gasteiger partial charge in [0, 0.05) is 17.3 Å². The zero-order valence-corrected chi connectivity index (χ0v) is 21.8. The number of benzene rings is 2. The summed E-state index contributed by atoms with van der Waals surface area (Å²) in [5.74, 6) is 0.584. The predicted molar refractivity (Wildman–Crippen MR) is 142 cm³/mol. The fraction of sp³-hybridized carbons (Fsp3) is 0.269. The van der Waals surface area contributed by atoms with Crippen LogP contribution in [0.25, 0.3) is 6.08 Å². The third-order valence-electron chi connectivity index (χ3n) is 5.62. The Hall–Kier alpha value is -3.88. The highest BCUT2D eigenvalue weighted by Crippen LogP contribution is 2.33. The van der Waals surface area contributed by atoms with E-state index in [2.05, 4.69) is 15.0 Å². The number of nitrogens with one attached hydrogen (secondary N) is 2. The summed E-state index contributed by atoms with van der Waals surface area (Å²) >= 11 is 1.16. The van der Waals surface area contributed by atoms with Gasteiger partial charge in [-0.25, -0.2) is 13.4 Å². The van der Waals surface area contributed by atoms with E-state index in [0.29, 0.717) is 29.4 Å². The molecule has 0 bridgehead atoms. The number of hydrogen-bond donors (Lipinski definition) is 2. The van der Waals surface area contributed by atoms with Gasteiger partial charge >= 0.3 is 0 Å². The fourth-order valence-electron chi connectivity index (χ4n) is 3.84. The lowest BCUT2D eigenvalue weighted by Crippen LogP contribution is -2.15. The van der Waals surface area contributed by atoms with Crippen LogP contribution in [-0.2, 0) is 14.8 Å². The molecule has 1 aliphatic carbocycles. The Balaban J connectivity index is 1.46. The van der Waals surface area contributed by atoms with Crippen LogP contribution in [0.3, 0.4) is 0 Å². The van der Waals surface area contributed by atoms with Gasteiger partial charge in [0.1, 0.15) is 11.6 Å². The number of anilines is 2. The maximum atomic E-state index is 12.8. The van der Waals surface area contributed by atoms with Gasteiger partial charge in [-0.05, 0) is 80.6 Å². The number of aromatic nitrogens is 1. The summed E-state index contributed by atoms with van der Waals surface area (Å²) in [6.45, 7) is 2.33. The average molecular weight is 539 g/mol. The Labute approximate surface area is 219 Å². The van der Waals surface area contributed by atoms with Crippen LogP contribution in [0, 0.1) is 11.3 Å². The maximum absolute atomic E-state index is 12.8. The number of rotatable bonds is 10. The van der Waals surface area contributed by atoms with E-state index in [1.807, 2.05) is 13.0 Å². The van der Waals surface area contributed by atoms with E-state index < -0.39 is 15.9 Å². The molecular formula is C26H26N4O5S2. The molecule has 2 aromatic carbocycles. The fourth-order valence-corrected chi connectivity index (χ4v) is 5.63. The topological polar surface area (TPSA) is 130 Å². The number of hydrogen-bond acceptors (Lipinski definition) is 8. The molecule has 0 saturated heterocycles. The van der Waals surface area contributed by atoms with E-state index in [1.54, 1.807) is 23.6 Å². The molecule has 2 N–H and O–H groups in total. The second kappa shape index (κ2) is 11.9. The van der Waals surface area contributed by atoms with Crippen molar-refractivity contribution in [1.29, 1.82) is 5.26 Å². The van der Waals surface area contributed by atoms with Crippen molar-refractivity contribution in [1.82, 2.24) is 4.98 Å². The molecule has 0 spiro atoms.